The molecule has 1 aliphatic carbocycles. The Morgan fingerprint density at radius 1 is 1.24 bits per heavy atom. The molecular formula is C16H20N2O3. The lowest BCUT2D eigenvalue weighted by Crippen LogP contribution is -2.36. The number of piperidine rings is 1. The number of morpholine rings is 1. The molecule has 1 amide bonds. The number of rotatable bonds is 2. The molecule has 21 heavy (non-hydrogen) atoms. The Balaban J connectivity index is 1.51. The van der Waals surface area contributed by atoms with E-state index in [9.17, 15) is 4.79 Å². The van der Waals surface area contributed by atoms with Crippen LogP contribution >= 0.6 is 0 Å². The summed E-state index contributed by atoms with van der Waals surface area (Å²) in [6, 6.07) is 8.73. The van der Waals surface area contributed by atoms with E-state index >= 15 is 0 Å². The Kier molecular flexibility index (Phi) is 2.85. The van der Waals surface area contributed by atoms with Gasteiger partial charge in [0.25, 0.3) is 0 Å². The van der Waals surface area contributed by atoms with Crippen LogP contribution in [0.25, 0.3) is 0 Å². The highest BCUT2D eigenvalue weighted by Crippen LogP contribution is 2.59. The van der Waals surface area contributed by atoms with Gasteiger partial charge in [-0.25, -0.2) is 4.79 Å². The molecule has 0 aromatic heterocycles. The molecule has 0 bridgehead atoms. The van der Waals surface area contributed by atoms with Gasteiger partial charge in [0.1, 0.15) is 0 Å². The zero-order chi connectivity index (χ0) is 14.4. The lowest BCUT2D eigenvalue weighted by molar-refractivity contribution is 0.122. The number of amides is 1. The van der Waals surface area contributed by atoms with E-state index in [1.54, 1.807) is 4.90 Å². The van der Waals surface area contributed by atoms with Crippen molar-refractivity contribution in [3.05, 3.63) is 29.8 Å². The predicted molar refractivity (Wildman–Crippen MR) is 78.9 cm³/mol. The van der Waals surface area contributed by atoms with Crippen LogP contribution < -0.4 is 4.90 Å². The van der Waals surface area contributed by atoms with Crippen molar-refractivity contribution in [1.82, 2.24) is 4.90 Å². The fourth-order valence-corrected chi connectivity index (χ4v) is 3.90. The number of carbonyl (C=O) groups is 1. The first-order valence-electron chi connectivity index (χ1n) is 7.60. The van der Waals surface area contributed by atoms with E-state index in [-0.39, 0.29) is 5.41 Å². The smallest absolute Gasteiger partial charge is 0.407 e. The quantitative estimate of drug-likeness (QED) is 0.901. The molecule has 0 radical (unpaired) electrons. The van der Waals surface area contributed by atoms with Gasteiger partial charge >= 0.3 is 6.09 Å². The van der Waals surface area contributed by atoms with Gasteiger partial charge in [-0.05, 0) is 30.0 Å². The summed E-state index contributed by atoms with van der Waals surface area (Å²) in [4.78, 5) is 15.0. The van der Waals surface area contributed by atoms with Gasteiger partial charge in [-0.15, -0.1) is 0 Å². The molecule has 1 N–H and O–H groups in total. The lowest BCUT2D eigenvalue weighted by Gasteiger charge is -2.29. The minimum atomic E-state index is -0.786. The Bertz CT molecular complexity index is 553. The van der Waals surface area contributed by atoms with Crippen molar-refractivity contribution in [2.24, 2.45) is 5.92 Å². The molecule has 2 heterocycles. The van der Waals surface area contributed by atoms with Gasteiger partial charge in [-0.1, -0.05) is 12.1 Å². The highest BCUT2D eigenvalue weighted by atomic mass is 16.5. The third kappa shape index (κ3) is 2.07. The molecule has 1 saturated carbocycles. The van der Waals surface area contributed by atoms with Crippen molar-refractivity contribution < 1.29 is 14.6 Å². The van der Waals surface area contributed by atoms with Gasteiger partial charge in [0, 0.05) is 37.3 Å². The number of nitrogens with zero attached hydrogens (tertiary/aromatic N) is 2. The largest absolute Gasteiger partial charge is 0.465 e. The molecule has 4 rings (SSSR count). The number of fused-ring (bicyclic) bond motifs is 1. The van der Waals surface area contributed by atoms with Gasteiger partial charge in [-0.3, -0.25) is 0 Å². The van der Waals surface area contributed by atoms with Crippen LogP contribution in [0.1, 0.15) is 12.0 Å². The maximum Gasteiger partial charge on any atom is 0.407 e. The molecule has 3 aliphatic rings. The second-order valence-electron chi connectivity index (χ2n) is 6.37. The van der Waals surface area contributed by atoms with E-state index in [1.165, 1.54) is 11.3 Å². The minimum absolute atomic E-state index is 0.0991. The zero-order valence-corrected chi connectivity index (χ0v) is 12.0. The Morgan fingerprint density at radius 2 is 1.95 bits per heavy atom. The maximum absolute atomic E-state index is 11.1. The maximum atomic E-state index is 11.1. The molecule has 5 nitrogen and oxygen atoms in total. The normalized spacial score (nSPS) is 31.1. The Hall–Kier alpha value is -1.75. The molecule has 3 fully saturated rings. The summed E-state index contributed by atoms with van der Waals surface area (Å²) >= 11 is 0. The van der Waals surface area contributed by atoms with Gasteiger partial charge in [-0.2, -0.15) is 0 Å². The zero-order valence-electron chi connectivity index (χ0n) is 12.0. The van der Waals surface area contributed by atoms with E-state index in [0.717, 1.165) is 32.7 Å². The van der Waals surface area contributed by atoms with Crippen molar-refractivity contribution in [3.8, 4) is 0 Å². The number of hydrogen-bond acceptors (Lipinski definition) is 3. The van der Waals surface area contributed by atoms with Crippen molar-refractivity contribution >= 4 is 11.8 Å². The summed E-state index contributed by atoms with van der Waals surface area (Å²) in [6.45, 7) is 4.83. The fourth-order valence-electron chi connectivity index (χ4n) is 3.90. The minimum Gasteiger partial charge on any atom is -0.465 e. The number of anilines is 1. The van der Waals surface area contributed by atoms with Gasteiger partial charge < -0.3 is 19.6 Å². The first kappa shape index (κ1) is 13.0. The molecule has 2 atom stereocenters. The van der Waals surface area contributed by atoms with Gasteiger partial charge in [0.05, 0.1) is 13.2 Å². The third-order valence-corrected chi connectivity index (χ3v) is 5.23. The van der Waals surface area contributed by atoms with Crippen LogP contribution in [-0.4, -0.2) is 55.5 Å². The molecule has 0 spiro atoms. The summed E-state index contributed by atoms with van der Waals surface area (Å²) in [5.41, 5.74) is 2.64. The fraction of sp³-hybridized carbons (Fsp3) is 0.562. The molecule has 1 aromatic carbocycles. The lowest BCUT2D eigenvalue weighted by atomic mass is 9.94. The van der Waals surface area contributed by atoms with Gasteiger partial charge in [0.15, 0.2) is 0 Å². The average Bonchev–Trinajstić information content (AvgIpc) is 3.10. The molecule has 2 aliphatic heterocycles. The third-order valence-electron chi connectivity index (χ3n) is 5.23. The number of likely N-dealkylation sites (tertiary alicyclic amines) is 1. The van der Waals surface area contributed by atoms with Crippen LogP contribution in [0, 0.1) is 5.92 Å². The summed E-state index contributed by atoms with van der Waals surface area (Å²) in [6.07, 6.45) is 0.347. The molecule has 5 heteroatoms. The number of hydrogen-bond donors (Lipinski definition) is 1. The summed E-state index contributed by atoms with van der Waals surface area (Å²) < 4.78 is 5.38. The number of ether oxygens (including phenoxy) is 1. The number of carboxylic acid groups (broad SMARTS) is 1. The number of benzene rings is 1. The summed E-state index contributed by atoms with van der Waals surface area (Å²) in [5, 5.41) is 9.13. The van der Waals surface area contributed by atoms with E-state index < -0.39 is 6.09 Å². The molecule has 0 unspecified atom stereocenters. The topological polar surface area (TPSA) is 53.0 Å². The van der Waals surface area contributed by atoms with E-state index in [1.807, 2.05) is 0 Å². The Morgan fingerprint density at radius 3 is 2.57 bits per heavy atom. The van der Waals surface area contributed by atoms with E-state index in [4.69, 9.17) is 9.84 Å². The summed E-state index contributed by atoms with van der Waals surface area (Å²) in [7, 11) is 0. The van der Waals surface area contributed by atoms with Crippen molar-refractivity contribution in [2.45, 2.75) is 11.8 Å². The monoisotopic (exact) mass is 288 g/mol. The molecule has 1 aromatic rings. The predicted octanol–water partition coefficient (Wildman–Crippen LogP) is 1.77. The summed E-state index contributed by atoms with van der Waals surface area (Å²) in [5.74, 6) is 0.517. The average molecular weight is 288 g/mol. The van der Waals surface area contributed by atoms with Crippen molar-refractivity contribution in [1.29, 1.82) is 0 Å². The highest BCUT2D eigenvalue weighted by Gasteiger charge is 2.61. The SMILES string of the molecule is O=C(O)N1C[C@H]2C[C@@]2(c2ccc(N3CCOCC3)cc2)C1. The molecule has 2 saturated heterocycles. The van der Waals surface area contributed by atoms with Crippen LogP contribution in [0.3, 0.4) is 0 Å². The van der Waals surface area contributed by atoms with E-state index in [0.29, 0.717) is 19.0 Å². The van der Waals surface area contributed by atoms with Gasteiger partial charge in [0.2, 0.25) is 0 Å². The first-order valence-corrected chi connectivity index (χ1v) is 7.60. The van der Waals surface area contributed by atoms with Crippen LogP contribution in [0.2, 0.25) is 0 Å². The van der Waals surface area contributed by atoms with Crippen LogP contribution in [-0.2, 0) is 10.2 Å². The van der Waals surface area contributed by atoms with Crippen molar-refractivity contribution in [2.75, 3.05) is 44.3 Å². The van der Waals surface area contributed by atoms with Crippen LogP contribution in [0.15, 0.2) is 24.3 Å². The first-order chi connectivity index (χ1) is 10.2. The highest BCUT2D eigenvalue weighted by molar-refractivity contribution is 5.67. The second-order valence-corrected chi connectivity index (χ2v) is 6.37. The Labute approximate surface area is 124 Å². The molecular weight excluding hydrogens is 268 g/mol. The van der Waals surface area contributed by atoms with Crippen LogP contribution in [0.5, 0.6) is 0 Å². The van der Waals surface area contributed by atoms with Crippen molar-refractivity contribution in [3.63, 3.8) is 0 Å². The standard InChI is InChI=1S/C16H20N2O3/c19-15(20)18-10-13-9-16(13,11-18)12-1-3-14(4-2-12)17-5-7-21-8-6-17/h1-4,13H,5-11H2,(H,19,20)/t13-,16+/m1/s1. The molecule has 112 valence electrons. The van der Waals surface area contributed by atoms with Crippen LogP contribution in [0.4, 0.5) is 10.5 Å². The van der Waals surface area contributed by atoms with E-state index in [2.05, 4.69) is 29.2 Å². The second kappa shape index (κ2) is 4.63.